The van der Waals surface area contributed by atoms with Crippen LogP contribution in [0, 0.1) is 5.82 Å². The van der Waals surface area contributed by atoms with Crippen LogP contribution in [-0.4, -0.2) is 43.2 Å². The van der Waals surface area contributed by atoms with Crippen LogP contribution in [0.25, 0.3) is 5.57 Å². The van der Waals surface area contributed by atoms with Crippen molar-refractivity contribution in [3.8, 4) is 11.5 Å². The maximum atomic E-state index is 13.9. The quantitative estimate of drug-likeness (QED) is 0.187. The number of nitrogens with zero attached hydrogens (tertiary/aromatic N) is 1. The topological polar surface area (TPSA) is 50.8 Å². The van der Waals surface area contributed by atoms with Gasteiger partial charge in [-0.25, -0.2) is 4.39 Å². The van der Waals surface area contributed by atoms with Gasteiger partial charge in [-0.15, -0.1) is 0 Å². The summed E-state index contributed by atoms with van der Waals surface area (Å²) in [7, 11) is 0. The van der Waals surface area contributed by atoms with Gasteiger partial charge < -0.3 is 19.7 Å². The number of halogens is 6. The van der Waals surface area contributed by atoms with Crippen LogP contribution in [0.3, 0.4) is 0 Å². The molecule has 0 unspecified atom stereocenters. The molecule has 1 aliphatic carbocycles. The average molecular weight is 623 g/mol. The van der Waals surface area contributed by atoms with Gasteiger partial charge in [0, 0.05) is 30.8 Å². The molecular weight excluding hydrogens is 595 g/mol. The lowest BCUT2D eigenvalue weighted by Crippen LogP contribution is -2.39. The van der Waals surface area contributed by atoms with Crippen molar-refractivity contribution in [3.05, 3.63) is 98.8 Å². The normalized spacial score (nSPS) is 15.5. The van der Waals surface area contributed by atoms with Gasteiger partial charge in [0.05, 0.1) is 15.6 Å². The summed E-state index contributed by atoms with van der Waals surface area (Å²) in [6, 6.07) is 15.0. The van der Waals surface area contributed by atoms with E-state index >= 15 is 0 Å². The molecule has 1 amide bonds. The molecular formula is C31H28Cl2F4N2O3. The van der Waals surface area contributed by atoms with Crippen LogP contribution < -0.4 is 14.8 Å². The number of ether oxygens (including phenoxy) is 2. The van der Waals surface area contributed by atoms with Gasteiger partial charge in [0.2, 0.25) is 0 Å². The highest BCUT2D eigenvalue weighted by Crippen LogP contribution is 2.39. The first kappa shape index (κ1) is 30.2. The van der Waals surface area contributed by atoms with Crippen molar-refractivity contribution in [1.29, 1.82) is 0 Å². The SMILES string of the molecule is O=C(C1=C(c2ccc(OCCOc3cc(F)ccc3Cl)cc2)CCNC1)N(Cc1cccc(C(F)(F)F)c1Cl)C1CC1. The van der Waals surface area contributed by atoms with Crippen molar-refractivity contribution >= 4 is 34.7 Å². The number of hydrogen-bond donors (Lipinski definition) is 1. The van der Waals surface area contributed by atoms with Crippen molar-refractivity contribution in [2.75, 3.05) is 26.3 Å². The largest absolute Gasteiger partial charge is 0.490 e. The molecule has 1 aliphatic heterocycles. The van der Waals surface area contributed by atoms with Crippen LogP contribution in [0.5, 0.6) is 11.5 Å². The molecule has 11 heteroatoms. The number of carbonyl (C=O) groups is 1. The Bertz CT molecular complexity index is 1470. The fourth-order valence-corrected chi connectivity index (χ4v) is 5.35. The maximum Gasteiger partial charge on any atom is 0.417 e. The molecule has 0 saturated heterocycles. The minimum atomic E-state index is -4.58. The predicted molar refractivity (Wildman–Crippen MR) is 153 cm³/mol. The van der Waals surface area contributed by atoms with Crippen molar-refractivity contribution < 1.29 is 31.8 Å². The zero-order valence-corrected chi connectivity index (χ0v) is 24.0. The third kappa shape index (κ3) is 7.19. The Labute approximate surface area is 251 Å². The van der Waals surface area contributed by atoms with Crippen LogP contribution in [0.1, 0.15) is 36.0 Å². The number of carbonyl (C=O) groups excluding carboxylic acids is 1. The molecule has 0 aromatic heterocycles. The fraction of sp³-hybridized carbons (Fsp3) is 0.323. The summed E-state index contributed by atoms with van der Waals surface area (Å²) in [6.07, 6.45) is -2.38. The Morgan fingerprint density at radius 2 is 1.74 bits per heavy atom. The summed E-state index contributed by atoms with van der Waals surface area (Å²) < 4.78 is 64.9. The number of rotatable bonds is 10. The van der Waals surface area contributed by atoms with E-state index in [0.29, 0.717) is 35.9 Å². The standard InChI is InChI=1S/C31H28Cl2F4N2O3/c32-27-11-6-21(34)16-28(27)42-15-14-41-23-9-4-19(5-10-23)24-12-13-38-17-25(24)30(40)39(22-7-8-22)18-20-2-1-3-26(29(20)33)31(35,36)37/h1-6,9-11,16,22,38H,7-8,12-15,17-18H2. The van der Waals surface area contributed by atoms with Crippen molar-refractivity contribution in [2.45, 2.75) is 38.0 Å². The highest BCUT2D eigenvalue weighted by Gasteiger charge is 2.38. The Kier molecular flexibility index (Phi) is 9.30. The first-order valence-corrected chi connectivity index (χ1v) is 14.3. The number of benzene rings is 3. The highest BCUT2D eigenvalue weighted by molar-refractivity contribution is 6.32. The number of amides is 1. The van der Waals surface area contributed by atoms with E-state index in [-0.39, 0.29) is 48.0 Å². The van der Waals surface area contributed by atoms with E-state index in [1.165, 1.54) is 30.3 Å². The van der Waals surface area contributed by atoms with Crippen molar-refractivity contribution in [2.24, 2.45) is 0 Å². The summed E-state index contributed by atoms with van der Waals surface area (Å²) in [5.74, 6) is 0.174. The molecule has 1 heterocycles. The van der Waals surface area contributed by atoms with E-state index in [9.17, 15) is 22.4 Å². The zero-order chi connectivity index (χ0) is 29.9. The average Bonchev–Trinajstić information content (AvgIpc) is 3.81. The monoisotopic (exact) mass is 622 g/mol. The summed E-state index contributed by atoms with van der Waals surface area (Å²) in [4.78, 5) is 15.5. The summed E-state index contributed by atoms with van der Waals surface area (Å²) >= 11 is 12.2. The zero-order valence-electron chi connectivity index (χ0n) is 22.4. The van der Waals surface area contributed by atoms with E-state index in [0.717, 1.165) is 30.0 Å². The van der Waals surface area contributed by atoms with Gasteiger partial charge in [0.1, 0.15) is 30.5 Å². The van der Waals surface area contributed by atoms with Crippen LogP contribution in [0.15, 0.2) is 66.2 Å². The Hall–Kier alpha value is -3.27. The molecule has 0 radical (unpaired) electrons. The van der Waals surface area contributed by atoms with Crippen molar-refractivity contribution in [3.63, 3.8) is 0 Å². The second-order valence-electron chi connectivity index (χ2n) is 10.1. The number of alkyl halides is 3. The van der Waals surface area contributed by atoms with Gasteiger partial charge >= 0.3 is 6.18 Å². The van der Waals surface area contributed by atoms with Gasteiger partial charge in [-0.1, -0.05) is 47.5 Å². The molecule has 0 bridgehead atoms. The summed E-state index contributed by atoms with van der Waals surface area (Å²) in [6.45, 7) is 1.40. The molecule has 3 aromatic carbocycles. The van der Waals surface area contributed by atoms with E-state index in [4.69, 9.17) is 32.7 Å². The molecule has 0 atom stereocenters. The second-order valence-corrected chi connectivity index (χ2v) is 10.9. The molecule has 222 valence electrons. The van der Waals surface area contributed by atoms with E-state index in [1.807, 2.05) is 12.1 Å². The van der Waals surface area contributed by atoms with Gasteiger partial charge in [0.15, 0.2) is 0 Å². The predicted octanol–water partition coefficient (Wildman–Crippen LogP) is 7.55. The molecule has 0 spiro atoms. The van der Waals surface area contributed by atoms with Crippen molar-refractivity contribution in [1.82, 2.24) is 10.2 Å². The lowest BCUT2D eigenvalue weighted by Gasteiger charge is -2.29. The number of nitrogens with one attached hydrogen (secondary N) is 1. The minimum Gasteiger partial charge on any atom is -0.490 e. The molecule has 3 aromatic rings. The van der Waals surface area contributed by atoms with E-state index in [1.54, 1.807) is 17.0 Å². The molecule has 5 rings (SSSR count). The van der Waals surface area contributed by atoms with Crippen LogP contribution in [0.2, 0.25) is 10.0 Å². The maximum absolute atomic E-state index is 13.9. The minimum absolute atomic E-state index is 0.00127. The smallest absolute Gasteiger partial charge is 0.417 e. The highest BCUT2D eigenvalue weighted by atomic mass is 35.5. The van der Waals surface area contributed by atoms with Gasteiger partial charge in [0.25, 0.3) is 5.91 Å². The first-order chi connectivity index (χ1) is 20.1. The third-order valence-electron chi connectivity index (χ3n) is 7.15. The molecule has 2 aliphatic rings. The molecule has 42 heavy (non-hydrogen) atoms. The molecule has 1 N–H and O–H groups in total. The van der Waals surface area contributed by atoms with Gasteiger partial charge in [-0.3, -0.25) is 4.79 Å². The summed E-state index contributed by atoms with van der Waals surface area (Å²) in [5.41, 5.74) is 1.70. The summed E-state index contributed by atoms with van der Waals surface area (Å²) in [5, 5.41) is 3.18. The van der Waals surface area contributed by atoms with Crippen LogP contribution in [-0.2, 0) is 17.5 Å². The Balaban J connectivity index is 1.28. The fourth-order valence-electron chi connectivity index (χ4n) is 4.89. The lowest BCUT2D eigenvalue weighted by molar-refractivity contribution is -0.137. The van der Waals surface area contributed by atoms with E-state index < -0.39 is 17.6 Å². The first-order valence-electron chi connectivity index (χ1n) is 13.5. The second kappa shape index (κ2) is 12.9. The van der Waals surface area contributed by atoms with Crippen LogP contribution >= 0.6 is 23.2 Å². The van der Waals surface area contributed by atoms with Gasteiger partial charge in [-0.05, 0) is 72.8 Å². The van der Waals surface area contributed by atoms with E-state index in [2.05, 4.69) is 5.32 Å². The van der Waals surface area contributed by atoms with Gasteiger partial charge in [-0.2, -0.15) is 13.2 Å². The Morgan fingerprint density at radius 3 is 2.45 bits per heavy atom. The Morgan fingerprint density at radius 1 is 1.00 bits per heavy atom. The number of hydrogen-bond acceptors (Lipinski definition) is 4. The molecule has 1 saturated carbocycles. The molecule has 1 fully saturated rings. The lowest BCUT2D eigenvalue weighted by atomic mass is 9.93. The van der Waals surface area contributed by atoms with Crippen LogP contribution in [0.4, 0.5) is 17.6 Å². The molecule has 5 nitrogen and oxygen atoms in total. The third-order valence-corrected chi connectivity index (χ3v) is 7.91.